The van der Waals surface area contributed by atoms with Crippen molar-refractivity contribution in [3.8, 4) is 0 Å². The van der Waals surface area contributed by atoms with Gasteiger partial charge >= 0.3 is 5.97 Å². The molecule has 82 valence electrons. The van der Waals surface area contributed by atoms with Crippen molar-refractivity contribution in [3.63, 3.8) is 0 Å². The number of aliphatic carboxylic acids is 1. The minimum absolute atomic E-state index is 0. The summed E-state index contributed by atoms with van der Waals surface area (Å²) in [7, 11) is 0. The second kappa shape index (κ2) is 6.22. The molecule has 0 aromatic carbocycles. The maximum Gasteiger partial charge on any atom is 0.317 e. The zero-order valence-corrected chi connectivity index (χ0v) is 9.18. The SMILES string of the molecule is Cl.O=C(O)CN1CCC(C(=O)Cl)CC1. The van der Waals surface area contributed by atoms with Crippen molar-refractivity contribution >= 4 is 35.2 Å². The quantitative estimate of drug-likeness (QED) is 0.749. The van der Waals surface area contributed by atoms with Gasteiger partial charge in [0.15, 0.2) is 0 Å². The summed E-state index contributed by atoms with van der Waals surface area (Å²) in [5.74, 6) is -0.901. The molecule has 1 fully saturated rings. The number of carboxylic acid groups (broad SMARTS) is 1. The third-order valence-corrected chi connectivity index (χ3v) is 2.58. The van der Waals surface area contributed by atoms with Crippen LogP contribution in [0.5, 0.6) is 0 Å². The molecule has 1 heterocycles. The van der Waals surface area contributed by atoms with Gasteiger partial charge in [0.2, 0.25) is 5.24 Å². The highest BCUT2D eigenvalue weighted by Gasteiger charge is 2.24. The molecule has 1 aliphatic rings. The van der Waals surface area contributed by atoms with Crippen LogP contribution in [0.4, 0.5) is 0 Å². The Hall–Kier alpha value is -0.320. The normalized spacial score (nSPS) is 18.6. The van der Waals surface area contributed by atoms with Crippen LogP contribution in [-0.4, -0.2) is 40.9 Å². The Kier molecular flexibility index (Phi) is 6.08. The number of halogens is 2. The molecule has 1 saturated heterocycles. The predicted molar refractivity (Wildman–Crippen MR) is 54.9 cm³/mol. The number of hydrogen-bond donors (Lipinski definition) is 1. The number of likely N-dealkylation sites (tertiary alicyclic amines) is 1. The lowest BCUT2D eigenvalue weighted by atomic mass is 9.98. The third kappa shape index (κ3) is 4.26. The molecular formula is C8H13Cl2NO3. The standard InChI is InChI=1S/C8H12ClNO3.ClH/c9-8(13)6-1-3-10(4-2-6)5-7(11)12;/h6H,1-5H2,(H,11,12);1H. The number of carboxylic acids is 1. The highest BCUT2D eigenvalue weighted by atomic mass is 35.5. The first-order valence-corrected chi connectivity index (χ1v) is 4.61. The molecule has 0 amide bonds. The summed E-state index contributed by atoms with van der Waals surface area (Å²) in [5.41, 5.74) is 0. The number of piperidine rings is 1. The molecule has 0 radical (unpaired) electrons. The molecule has 0 saturated carbocycles. The monoisotopic (exact) mass is 241 g/mol. The number of carbonyl (C=O) groups excluding carboxylic acids is 1. The zero-order chi connectivity index (χ0) is 9.84. The van der Waals surface area contributed by atoms with Crippen LogP contribution in [0.15, 0.2) is 0 Å². The smallest absolute Gasteiger partial charge is 0.317 e. The largest absolute Gasteiger partial charge is 0.480 e. The minimum Gasteiger partial charge on any atom is -0.480 e. The Morgan fingerprint density at radius 3 is 2.21 bits per heavy atom. The first kappa shape index (κ1) is 13.7. The highest BCUT2D eigenvalue weighted by molar-refractivity contribution is 6.63. The molecular weight excluding hydrogens is 229 g/mol. The summed E-state index contributed by atoms with van der Waals surface area (Å²) in [4.78, 5) is 22.9. The fourth-order valence-corrected chi connectivity index (χ4v) is 1.73. The summed E-state index contributed by atoms with van der Waals surface area (Å²) in [5, 5.41) is 8.21. The number of carbonyl (C=O) groups is 2. The van der Waals surface area contributed by atoms with Crippen molar-refractivity contribution in [2.75, 3.05) is 19.6 Å². The molecule has 1 aliphatic heterocycles. The fraction of sp³-hybridized carbons (Fsp3) is 0.750. The lowest BCUT2D eigenvalue weighted by Gasteiger charge is -2.28. The van der Waals surface area contributed by atoms with Gasteiger partial charge in [-0.2, -0.15) is 0 Å². The summed E-state index contributed by atoms with van der Waals surface area (Å²) >= 11 is 5.34. The van der Waals surface area contributed by atoms with Crippen LogP contribution in [0.2, 0.25) is 0 Å². The van der Waals surface area contributed by atoms with Gasteiger partial charge in [-0.15, -0.1) is 12.4 Å². The average Bonchev–Trinajstić information content (AvgIpc) is 2.04. The van der Waals surface area contributed by atoms with Gasteiger partial charge in [0.05, 0.1) is 6.54 Å². The third-order valence-electron chi connectivity index (χ3n) is 2.27. The van der Waals surface area contributed by atoms with Gasteiger partial charge in [-0.25, -0.2) is 0 Å². The molecule has 0 aromatic rings. The Morgan fingerprint density at radius 1 is 1.36 bits per heavy atom. The molecule has 0 atom stereocenters. The zero-order valence-electron chi connectivity index (χ0n) is 7.61. The van der Waals surface area contributed by atoms with E-state index in [0.29, 0.717) is 25.9 Å². The van der Waals surface area contributed by atoms with Gasteiger partial charge in [0.1, 0.15) is 0 Å². The predicted octanol–water partition coefficient (Wildman–Crippen LogP) is 0.970. The number of nitrogens with zero attached hydrogens (tertiary/aromatic N) is 1. The Labute approximate surface area is 93.6 Å². The van der Waals surface area contributed by atoms with Gasteiger partial charge in [0, 0.05) is 5.92 Å². The van der Waals surface area contributed by atoms with E-state index >= 15 is 0 Å². The van der Waals surface area contributed by atoms with E-state index in [1.807, 2.05) is 4.90 Å². The highest BCUT2D eigenvalue weighted by Crippen LogP contribution is 2.18. The molecule has 0 bridgehead atoms. The van der Waals surface area contributed by atoms with E-state index in [1.165, 1.54) is 0 Å². The van der Waals surface area contributed by atoms with Crippen LogP contribution in [-0.2, 0) is 9.59 Å². The van der Waals surface area contributed by atoms with Crippen LogP contribution in [0, 0.1) is 5.92 Å². The van der Waals surface area contributed by atoms with Crippen LogP contribution in [0.1, 0.15) is 12.8 Å². The van der Waals surface area contributed by atoms with Gasteiger partial charge in [-0.1, -0.05) is 0 Å². The summed E-state index contributed by atoms with van der Waals surface area (Å²) < 4.78 is 0. The molecule has 0 aliphatic carbocycles. The van der Waals surface area contributed by atoms with E-state index in [2.05, 4.69) is 0 Å². The molecule has 1 N–H and O–H groups in total. The Bertz CT molecular complexity index is 215. The summed E-state index contributed by atoms with van der Waals surface area (Å²) in [6.45, 7) is 1.36. The first-order chi connectivity index (χ1) is 6.09. The second-order valence-corrected chi connectivity index (χ2v) is 3.62. The van der Waals surface area contributed by atoms with Crippen molar-refractivity contribution in [2.24, 2.45) is 5.92 Å². The molecule has 14 heavy (non-hydrogen) atoms. The lowest BCUT2D eigenvalue weighted by molar-refractivity contribution is -0.138. The van der Waals surface area contributed by atoms with Crippen LogP contribution >= 0.6 is 24.0 Å². The average molecular weight is 242 g/mol. The Morgan fingerprint density at radius 2 is 1.86 bits per heavy atom. The van der Waals surface area contributed by atoms with Crippen molar-refractivity contribution in [2.45, 2.75) is 12.8 Å². The van der Waals surface area contributed by atoms with Crippen LogP contribution < -0.4 is 0 Å². The maximum atomic E-state index is 10.8. The Balaban J connectivity index is 0.00000169. The van der Waals surface area contributed by atoms with Gasteiger partial charge in [-0.05, 0) is 37.5 Å². The molecule has 0 aromatic heterocycles. The van der Waals surface area contributed by atoms with E-state index in [-0.39, 0.29) is 30.1 Å². The van der Waals surface area contributed by atoms with Gasteiger partial charge in [0.25, 0.3) is 0 Å². The van der Waals surface area contributed by atoms with E-state index in [4.69, 9.17) is 16.7 Å². The first-order valence-electron chi connectivity index (χ1n) is 4.23. The molecule has 0 unspecified atom stereocenters. The topological polar surface area (TPSA) is 57.6 Å². The summed E-state index contributed by atoms with van der Waals surface area (Å²) in [6.07, 6.45) is 1.35. The number of rotatable bonds is 3. The van der Waals surface area contributed by atoms with Crippen molar-refractivity contribution in [1.82, 2.24) is 4.90 Å². The number of hydrogen-bond acceptors (Lipinski definition) is 3. The molecule has 1 rings (SSSR count). The van der Waals surface area contributed by atoms with E-state index in [0.717, 1.165) is 0 Å². The molecule has 0 spiro atoms. The molecule has 6 heteroatoms. The van der Waals surface area contributed by atoms with Crippen molar-refractivity contribution < 1.29 is 14.7 Å². The van der Waals surface area contributed by atoms with Crippen molar-refractivity contribution in [1.29, 1.82) is 0 Å². The fourth-order valence-electron chi connectivity index (χ4n) is 1.51. The van der Waals surface area contributed by atoms with Crippen LogP contribution in [0.25, 0.3) is 0 Å². The molecule has 4 nitrogen and oxygen atoms in total. The van der Waals surface area contributed by atoms with Gasteiger partial charge in [-0.3, -0.25) is 14.5 Å². The van der Waals surface area contributed by atoms with E-state index in [9.17, 15) is 9.59 Å². The van der Waals surface area contributed by atoms with Crippen molar-refractivity contribution in [3.05, 3.63) is 0 Å². The second-order valence-electron chi connectivity index (χ2n) is 3.25. The lowest BCUT2D eigenvalue weighted by Crippen LogP contribution is -2.38. The summed E-state index contributed by atoms with van der Waals surface area (Å²) in [6, 6.07) is 0. The van der Waals surface area contributed by atoms with E-state index in [1.54, 1.807) is 0 Å². The maximum absolute atomic E-state index is 10.8. The minimum atomic E-state index is -0.823. The van der Waals surface area contributed by atoms with Crippen LogP contribution in [0.3, 0.4) is 0 Å². The van der Waals surface area contributed by atoms with E-state index < -0.39 is 5.97 Å². The van der Waals surface area contributed by atoms with Gasteiger partial charge < -0.3 is 5.11 Å².